The average molecular weight is 279 g/mol. The van der Waals surface area contributed by atoms with Crippen molar-refractivity contribution in [3.63, 3.8) is 0 Å². The van der Waals surface area contributed by atoms with Crippen molar-refractivity contribution in [2.75, 3.05) is 13.2 Å². The summed E-state index contributed by atoms with van der Waals surface area (Å²) in [5.74, 6) is 0.897. The van der Waals surface area contributed by atoms with Crippen LogP contribution in [-0.4, -0.2) is 28.3 Å². The minimum Gasteiger partial charge on any atom is -0.374 e. The van der Waals surface area contributed by atoms with Gasteiger partial charge in [-0.1, -0.05) is 19.8 Å². The Balaban J connectivity index is 1.69. The van der Waals surface area contributed by atoms with Crippen LogP contribution in [0, 0.1) is 5.92 Å². The molecule has 4 heteroatoms. The molecule has 0 bridgehead atoms. The Morgan fingerprint density at radius 3 is 2.80 bits per heavy atom. The third-order valence-corrected chi connectivity index (χ3v) is 4.61. The van der Waals surface area contributed by atoms with Gasteiger partial charge in [0.15, 0.2) is 0 Å². The van der Waals surface area contributed by atoms with E-state index in [1.807, 2.05) is 18.7 Å². The Morgan fingerprint density at radius 1 is 1.40 bits per heavy atom. The molecule has 20 heavy (non-hydrogen) atoms. The van der Waals surface area contributed by atoms with Crippen LogP contribution in [0.4, 0.5) is 0 Å². The molecule has 1 heterocycles. The maximum atomic E-state index is 6.19. The number of hydrogen-bond donors (Lipinski definition) is 1. The Labute approximate surface area is 122 Å². The highest BCUT2D eigenvalue weighted by molar-refractivity contribution is 4.88. The molecule has 1 aliphatic rings. The Bertz CT molecular complexity index is 356. The van der Waals surface area contributed by atoms with Gasteiger partial charge in [0, 0.05) is 32.1 Å². The molecule has 0 amide bonds. The largest absolute Gasteiger partial charge is 0.374 e. The molecule has 114 valence electrons. The minimum atomic E-state index is -0.0425. The molecule has 0 spiro atoms. The number of imidazole rings is 1. The second-order valence-corrected chi connectivity index (χ2v) is 6.12. The number of nitrogens with two attached hydrogens (primary N) is 1. The molecule has 0 unspecified atom stereocenters. The molecule has 1 aromatic heterocycles. The van der Waals surface area contributed by atoms with Crippen molar-refractivity contribution in [2.45, 2.75) is 64.0 Å². The van der Waals surface area contributed by atoms with Gasteiger partial charge in [-0.3, -0.25) is 0 Å². The number of rotatable bonds is 8. The zero-order chi connectivity index (χ0) is 14.3. The highest BCUT2D eigenvalue weighted by atomic mass is 16.5. The Morgan fingerprint density at radius 2 is 2.20 bits per heavy atom. The zero-order valence-electron chi connectivity index (χ0n) is 12.8. The van der Waals surface area contributed by atoms with E-state index in [1.165, 1.54) is 25.7 Å². The van der Waals surface area contributed by atoms with Gasteiger partial charge in [-0.15, -0.1) is 0 Å². The fourth-order valence-electron chi connectivity index (χ4n) is 3.26. The number of aryl methyl sites for hydroxylation is 1. The van der Waals surface area contributed by atoms with Crippen molar-refractivity contribution in [2.24, 2.45) is 11.7 Å². The van der Waals surface area contributed by atoms with E-state index >= 15 is 0 Å². The molecule has 4 nitrogen and oxygen atoms in total. The summed E-state index contributed by atoms with van der Waals surface area (Å²) in [6.45, 7) is 4.71. The second-order valence-electron chi connectivity index (χ2n) is 6.12. The van der Waals surface area contributed by atoms with Crippen LogP contribution in [0.15, 0.2) is 18.7 Å². The standard InChI is InChI=1S/C16H29N3O/c1-2-4-15-5-7-16(13-17,8-6-15)20-12-3-10-19-11-9-18-14-19/h9,11,14-15H,2-8,10,12-13,17H2,1H3. The Kier molecular flexibility index (Phi) is 6.05. The van der Waals surface area contributed by atoms with Gasteiger partial charge in [0.25, 0.3) is 0 Å². The predicted molar refractivity (Wildman–Crippen MR) is 81.4 cm³/mol. The molecule has 1 aromatic rings. The molecular weight excluding hydrogens is 250 g/mol. The van der Waals surface area contributed by atoms with Crippen LogP contribution < -0.4 is 5.73 Å². The second kappa shape index (κ2) is 7.79. The van der Waals surface area contributed by atoms with Crippen molar-refractivity contribution in [3.8, 4) is 0 Å². The molecule has 2 N–H and O–H groups in total. The number of aromatic nitrogens is 2. The monoisotopic (exact) mass is 279 g/mol. The van der Waals surface area contributed by atoms with Crippen LogP contribution in [0.25, 0.3) is 0 Å². The average Bonchev–Trinajstić information content (AvgIpc) is 2.99. The first-order valence-electron chi connectivity index (χ1n) is 8.08. The summed E-state index contributed by atoms with van der Waals surface area (Å²) in [6, 6.07) is 0. The van der Waals surface area contributed by atoms with Gasteiger partial charge < -0.3 is 15.0 Å². The highest BCUT2D eigenvalue weighted by Crippen LogP contribution is 2.36. The van der Waals surface area contributed by atoms with Crippen LogP contribution in [-0.2, 0) is 11.3 Å². The van der Waals surface area contributed by atoms with E-state index < -0.39 is 0 Å². The fraction of sp³-hybridized carbons (Fsp3) is 0.812. The van der Waals surface area contributed by atoms with Gasteiger partial charge >= 0.3 is 0 Å². The van der Waals surface area contributed by atoms with E-state index in [4.69, 9.17) is 10.5 Å². The van der Waals surface area contributed by atoms with E-state index in [9.17, 15) is 0 Å². The fourth-order valence-corrected chi connectivity index (χ4v) is 3.26. The normalized spacial score (nSPS) is 26.8. The summed E-state index contributed by atoms with van der Waals surface area (Å²) < 4.78 is 8.28. The topological polar surface area (TPSA) is 53.1 Å². The number of ether oxygens (including phenoxy) is 1. The summed E-state index contributed by atoms with van der Waals surface area (Å²) >= 11 is 0. The van der Waals surface area contributed by atoms with Crippen molar-refractivity contribution < 1.29 is 4.74 Å². The van der Waals surface area contributed by atoms with E-state index in [0.717, 1.165) is 38.3 Å². The minimum absolute atomic E-state index is 0.0425. The molecule has 0 aliphatic heterocycles. The summed E-state index contributed by atoms with van der Waals surface area (Å²) in [5.41, 5.74) is 5.95. The highest BCUT2D eigenvalue weighted by Gasteiger charge is 2.34. The van der Waals surface area contributed by atoms with Crippen LogP contribution in [0.2, 0.25) is 0 Å². The smallest absolute Gasteiger partial charge is 0.0945 e. The maximum Gasteiger partial charge on any atom is 0.0945 e. The van der Waals surface area contributed by atoms with Crippen LogP contribution in [0.3, 0.4) is 0 Å². The lowest BCUT2D eigenvalue weighted by atomic mass is 9.77. The van der Waals surface area contributed by atoms with Gasteiger partial charge in [-0.2, -0.15) is 0 Å². The van der Waals surface area contributed by atoms with Crippen molar-refractivity contribution >= 4 is 0 Å². The SMILES string of the molecule is CCCC1CCC(CN)(OCCCn2ccnc2)CC1. The molecule has 0 aromatic carbocycles. The van der Waals surface area contributed by atoms with Crippen molar-refractivity contribution in [1.82, 2.24) is 9.55 Å². The quantitative estimate of drug-likeness (QED) is 0.744. The molecule has 1 aliphatic carbocycles. The lowest BCUT2D eigenvalue weighted by Crippen LogP contribution is -2.44. The molecule has 0 radical (unpaired) electrons. The van der Waals surface area contributed by atoms with Gasteiger partial charge in [-0.05, 0) is 38.0 Å². The van der Waals surface area contributed by atoms with Gasteiger partial charge in [0.05, 0.1) is 11.9 Å². The van der Waals surface area contributed by atoms with Crippen molar-refractivity contribution in [3.05, 3.63) is 18.7 Å². The molecule has 2 rings (SSSR count). The molecule has 1 fully saturated rings. The zero-order valence-corrected chi connectivity index (χ0v) is 12.8. The van der Waals surface area contributed by atoms with Gasteiger partial charge in [0.1, 0.15) is 0 Å². The lowest BCUT2D eigenvalue weighted by molar-refractivity contribution is -0.0733. The summed E-state index contributed by atoms with van der Waals surface area (Å²) in [6.07, 6.45) is 14.2. The first kappa shape index (κ1) is 15.5. The van der Waals surface area contributed by atoms with E-state index in [1.54, 1.807) is 0 Å². The van der Waals surface area contributed by atoms with E-state index in [-0.39, 0.29) is 5.60 Å². The molecular formula is C16H29N3O. The first-order valence-corrected chi connectivity index (χ1v) is 8.08. The summed E-state index contributed by atoms with van der Waals surface area (Å²) in [4.78, 5) is 4.05. The Hall–Kier alpha value is -0.870. The predicted octanol–water partition coefficient (Wildman–Crippen LogP) is 2.98. The molecule has 1 saturated carbocycles. The molecule has 0 atom stereocenters. The van der Waals surface area contributed by atoms with E-state index in [0.29, 0.717) is 6.54 Å². The van der Waals surface area contributed by atoms with Crippen LogP contribution in [0.5, 0.6) is 0 Å². The molecule has 0 saturated heterocycles. The third kappa shape index (κ3) is 4.32. The summed E-state index contributed by atoms with van der Waals surface area (Å²) in [5, 5.41) is 0. The van der Waals surface area contributed by atoms with Crippen molar-refractivity contribution in [1.29, 1.82) is 0 Å². The number of nitrogens with zero attached hydrogens (tertiary/aromatic N) is 2. The van der Waals surface area contributed by atoms with E-state index in [2.05, 4.69) is 16.5 Å². The number of hydrogen-bond acceptors (Lipinski definition) is 3. The third-order valence-electron chi connectivity index (χ3n) is 4.61. The first-order chi connectivity index (χ1) is 9.78. The summed E-state index contributed by atoms with van der Waals surface area (Å²) in [7, 11) is 0. The maximum absolute atomic E-state index is 6.19. The van der Waals surface area contributed by atoms with Crippen LogP contribution in [0.1, 0.15) is 51.9 Å². The van der Waals surface area contributed by atoms with Gasteiger partial charge in [0.2, 0.25) is 0 Å². The van der Waals surface area contributed by atoms with Crippen LogP contribution >= 0.6 is 0 Å². The van der Waals surface area contributed by atoms with Gasteiger partial charge in [-0.25, -0.2) is 4.98 Å². The lowest BCUT2D eigenvalue weighted by Gasteiger charge is -2.39.